The molecule has 4 nitrogen and oxygen atoms in total. The topological polar surface area (TPSA) is 58.6 Å². The number of rotatable bonds is 9. The van der Waals surface area contributed by atoms with Crippen molar-refractivity contribution < 1.29 is 14.6 Å². The number of hydrogen-bond donors (Lipinski definition) is 2. The molecule has 118 valence electrons. The van der Waals surface area contributed by atoms with E-state index >= 15 is 0 Å². The Hall–Kier alpha value is -1.55. The largest absolute Gasteiger partial charge is 0.493 e. The standard InChI is InChI=1S/C17H27NO3/c1-5-17(16(19)20,18-13(2)3)11-8-12-21-15-10-7-6-9-14(15)4/h6-7,9-10,13,18H,5,8,11-12H2,1-4H3,(H,19,20). The van der Waals surface area contributed by atoms with E-state index in [-0.39, 0.29) is 6.04 Å². The second-order valence-corrected chi connectivity index (χ2v) is 5.76. The first-order valence-electron chi connectivity index (χ1n) is 7.61. The van der Waals surface area contributed by atoms with Gasteiger partial charge in [-0.1, -0.05) is 25.1 Å². The van der Waals surface area contributed by atoms with Crippen LogP contribution >= 0.6 is 0 Å². The van der Waals surface area contributed by atoms with Crippen molar-refractivity contribution in [2.24, 2.45) is 0 Å². The van der Waals surface area contributed by atoms with Gasteiger partial charge in [0.15, 0.2) is 0 Å². The average molecular weight is 293 g/mol. The summed E-state index contributed by atoms with van der Waals surface area (Å²) in [6.07, 6.45) is 1.82. The molecule has 0 spiro atoms. The maximum absolute atomic E-state index is 11.6. The number of carboxylic acid groups (broad SMARTS) is 1. The van der Waals surface area contributed by atoms with E-state index in [1.54, 1.807) is 0 Å². The van der Waals surface area contributed by atoms with Gasteiger partial charge in [-0.2, -0.15) is 0 Å². The average Bonchev–Trinajstić information content (AvgIpc) is 2.43. The van der Waals surface area contributed by atoms with Gasteiger partial charge in [0.05, 0.1) is 6.61 Å². The number of carbonyl (C=O) groups is 1. The summed E-state index contributed by atoms with van der Waals surface area (Å²) in [5.41, 5.74) is 0.237. The van der Waals surface area contributed by atoms with Gasteiger partial charge >= 0.3 is 5.97 Å². The maximum Gasteiger partial charge on any atom is 0.323 e. The molecular weight excluding hydrogens is 266 g/mol. The van der Waals surface area contributed by atoms with E-state index in [4.69, 9.17) is 4.74 Å². The van der Waals surface area contributed by atoms with Gasteiger partial charge in [0, 0.05) is 6.04 Å². The molecule has 0 aromatic heterocycles. The van der Waals surface area contributed by atoms with Crippen LogP contribution in [0.5, 0.6) is 5.75 Å². The van der Waals surface area contributed by atoms with Crippen LogP contribution in [-0.4, -0.2) is 29.3 Å². The molecule has 1 atom stereocenters. The Kier molecular flexibility index (Phi) is 6.69. The first-order valence-corrected chi connectivity index (χ1v) is 7.61. The highest BCUT2D eigenvalue weighted by molar-refractivity contribution is 5.78. The highest BCUT2D eigenvalue weighted by Gasteiger charge is 2.36. The Balaban J connectivity index is 2.54. The van der Waals surface area contributed by atoms with Gasteiger partial charge in [-0.25, -0.2) is 0 Å². The quantitative estimate of drug-likeness (QED) is 0.685. The van der Waals surface area contributed by atoms with Crippen molar-refractivity contribution in [1.82, 2.24) is 5.32 Å². The molecule has 1 aromatic carbocycles. The number of aliphatic carboxylic acids is 1. The maximum atomic E-state index is 11.6. The second-order valence-electron chi connectivity index (χ2n) is 5.76. The number of benzene rings is 1. The minimum absolute atomic E-state index is 0.137. The number of aryl methyl sites for hydroxylation is 1. The molecule has 21 heavy (non-hydrogen) atoms. The first kappa shape index (κ1) is 17.5. The zero-order valence-electron chi connectivity index (χ0n) is 13.5. The predicted octanol–water partition coefficient (Wildman–Crippen LogP) is 3.39. The van der Waals surface area contributed by atoms with E-state index in [1.807, 2.05) is 52.0 Å². The summed E-state index contributed by atoms with van der Waals surface area (Å²) in [7, 11) is 0. The Bertz CT molecular complexity index is 459. The molecule has 0 bridgehead atoms. The SMILES string of the molecule is CCC(CCCOc1ccccc1C)(NC(C)C)C(=O)O. The highest BCUT2D eigenvalue weighted by atomic mass is 16.5. The molecule has 1 unspecified atom stereocenters. The van der Waals surface area contributed by atoms with Crippen molar-refractivity contribution in [3.63, 3.8) is 0 Å². The van der Waals surface area contributed by atoms with Crippen molar-refractivity contribution in [2.45, 2.75) is 58.5 Å². The number of hydrogen-bond acceptors (Lipinski definition) is 3. The van der Waals surface area contributed by atoms with Crippen LogP contribution < -0.4 is 10.1 Å². The Morgan fingerprint density at radius 2 is 2.05 bits per heavy atom. The summed E-state index contributed by atoms with van der Waals surface area (Å²) < 4.78 is 5.74. The van der Waals surface area contributed by atoms with E-state index in [1.165, 1.54) is 0 Å². The summed E-state index contributed by atoms with van der Waals surface area (Å²) in [6, 6.07) is 7.99. The van der Waals surface area contributed by atoms with E-state index < -0.39 is 11.5 Å². The van der Waals surface area contributed by atoms with E-state index in [0.29, 0.717) is 25.9 Å². The van der Waals surface area contributed by atoms with Gasteiger partial charge < -0.3 is 9.84 Å². The molecule has 0 fully saturated rings. The lowest BCUT2D eigenvalue weighted by Gasteiger charge is -2.31. The summed E-state index contributed by atoms with van der Waals surface area (Å²) >= 11 is 0. The summed E-state index contributed by atoms with van der Waals surface area (Å²) in [6.45, 7) is 8.38. The number of para-hydroxylation sites is 1. The zero-order chi connectivity index (χ0) is 15.9. The van der Waals surface area contributed by atoms with E-state index in [9.17, 15) is 9.90 Å². The van der Waals surface area contributed by atoms with Crippen LogP contribution in [-0.2, 0) is 4.79 Å². The van der Waals surface area contributed by atoms with Crippen LogP contribution in [0, 0.1) is 6.92 Å². The van der Waals surface area contributed by atoms with Crippen molar-refractivity contribution >= 4 is 5.97 Å². The van der Waals surface area contributed by atoms with Crippen molar-refractivity contribution in [3.8, 4) is 5.75 Å². The second kappa shape index (κ2) is 8.03. The molecule has 0 aliphatic rings. The van der Waals surface area contributed by atoms with Crippen molar-refractivity contribution in [2.75, 3.05) is 6.61 Å². The van der Waals surface area contributed by atoms with E-state index in [2.05, 4.69) is 5.32 Å². The molecule has 0 saturated heterocycles. The van der Waals surface area contributed by atoms with Gasteiger partial charge in [0.1, 0.15) is 11.3 Å². The fourth-order valence-corrected chi connectivity index (χ4v) is 2.50. The minimum Gasteiger partial charge on any atom is -0.493 e. The zero-order valence-corrected chi connectivity index (χ0v) is 13.5. The lowest BCUT2D eigenvalue weighted by molar-refractivity contribution is -0.145. The molecule has 0 radical (unpaired) electrons. The van der Waals surface area contributed by atoms with Crippen LogP contribution in [0.15, 0.2) is 24.3 Å². The van der Waals surface area contributed by atoms with Gasteiger partial charge in [0.2, 0.25) is 0 Å². The number of ether oxygens (including phenoxy) is 1. The third kappa shape index (κ3) is 5.05. The van der Waals surface area contributed by atoms with Crippen LogP contribution in [0.4, 0.5) is 0 Å². The Labute approximate surface area is 127 Å². The van der Waals surface area contributed by atoms with E-state index in [0.717, 1.165) is 11.3 Å². The van der Waals surface area contributed by atoms with Crippen LogP contribution in [0.1, 0.15) is 45.6 Å². The molecule has 2 N–H and O–H groups in total. The smallest absolute Gasteiger partial charge is 0.323 e. The lowest BCUT2D eigenvalue weighted by Crippen LogP contribution is -2.54. The third-order valence-corrected chi connectivity index (χ3v) is 3.68. The highest BCUT2D eigenvalue weighted by Crippen LogP contribution is 2.21. The van der Waals surface area contributed by atoms with Crippen molar-refractivity contribution in [3.05, 3.63) is 29.8 Å². The first-order chi connectivity index (χ1) is 9.91. The molecular formula is C17H27NO3. The number of nitrogens with one attached hydrogen (secondary N) is 1. The summed E-state index contributed by atoms with van der Waals surface area (Å²) in [4.78, 5) is 11.6. The lowest BCUT2D eigenvalue weighted by atomic mass is 9.89. The third-order valence-electron chi connectivity index (χ3n) is 3.68. The fraction of sp³-hybridized carbons (Fsp3) is 0.588. The summed E-state index contributed by atoms with van der Waals surface area (Å²) in [5.74, 6) is 0.0846. The van der Waals surface area contributed by atoms with Crippen LogP contribution in [0.2, 0.25) is 0 Å². The monoisotopic (exact) mass is 293 g/mol. The number of carboxylic acids is 1. The summed E-state index contributed by atoms with van der Waals surface area (Å²) in [5, 5.41) is 12.7. The van der Waals surface area contributed by atoms with Crippen LogP contribution in [0.25, 0.3) is 0 Å². The van der Waals surface area contributed by atoms with Gasteiger partial charge in [-0.3, -0.25) is 10.1 Å². The van der Waals surface area contributed by atoms with Gasteiger partial charge in [-0.05, 0) is 51.7 Å². The molecule has 1 aromatic rings. The molecule has 4 heteroatoms. The van der Waals surface area contributed by atoms with Crippen molar-refractivity contribution in [1.29, 1.82) is 0 Å². The molecule has 0 heterocycles. The molecule has 0 saturated carbocycles. The minimum atomic E-state index is -0.858. The Morgan fingerprint density at radius 1 is 1.38 bits per heavy atom. The predicted molar refractivity (Wildman–Crippen MR) is 84.8 cm³/mol. The normalized spacial score (nSPS) is 14.0. The van der Waals surface area contributed by atoms with Crippen LogP contribution in [0.3, 0.4) is 0 Å². The molecule has 0 aliphatic carbocycles. The van der Waals surface area contributed by atoms with Gasteiger partial charge in [-0.15, -0.1) is 0 Å². The van der Waals surface area contributed by atoms with Gasteiger partial charge in [0.25, 0.3) is 0 Å². The molecule has 1 rings (SSSR count). The molecule has 0 amide bonds. The molecule has 0 aliphatic heterocycles. The Morgan fingerprint density at radius 3 is 2.57 bits per heavy atom. The fourth-order valence-electron chi connectivity index (χ4n) is 2.50.